The molecule has 2 N–H and O–H groups in total. The van der Waals surface area contributed by atoms with Crippen molar-refractivity contribution in [3.05, 3.63) is 169 Å². The van der Waals surface area contributed by atoms with Gasteiger partial charge < -0.3 is 35.0 Å². The molecule has 0 amide bonds. The van der Waals surface area contributed by atoms with Crippen molar-refractivity contribution < 1.29 is 61.2 Å². The van der Waals surface area contributed by atoms with E-state index >= 15 is 0 Å². The fraction of sp³-hybridized carbons (Fsp3) is 0.143. The molecular formula is C42H42Cl2O2P2Zr. The molecule has 6 aromatic rings. The van der Waals surface area contributed by atoms with Crippen molar-refractivity contribution in [1.29, 1.82) is 0 Å². The third-order valence-corrected chi connectivity index (χ3v) is 12.8. The van der Waals surface area contributed by atoms with Crippen molar-refractivity contribution in [2.24, 2.45) is 0 Å². The maximum absolute atomic E-state index is 10.5. The van der Waals surface area contributed by atoms with Gasteiger partial charge in [-0.25, -0.2) is 0 Å². The molecule has 250 valence electrons. The fourth-order valence-corrected chi connectivity index (χ4v) is 10.1. The number of phenols is 2. The Kier molecular flexibility index (Phi) is 18.0. The molecule has 0 spiro atoms. The summed E-state index contributed by atoms with van der Waals surface area (Å²) in [6.45, 7) is 8.74. The predicted octanol–water partition coefficient (Wildman–Crippen LogP) is 2.55. The molecule has 6 rings (SSSR count). The van der Waals surface area contributed by atoms with E-state index in [0.717, 1.165) is 10.6 Å². The second kappa shape index (κ2) is 20.8. The molecule has 0 radical (unpaired) electrons. The van der Waals surface area contributed by atoms with Gasteiger partial charge in [0.15, 0.2) is 0 Å². The number of benzene rings is 6. The van der Waals surface area contributed by atoms with Crippen molar-refractivity contribution >= 4 is 47.7 Å². The van der Waals surface area contributed by atoms with E-state index in [9.17, 15) is 10.2 Å². The molecule has 0 atom stereocenters. The second-order valence-corrected chi connectivity index (χ2v) is 16.2. The molecule has 0 aliphatic carbocycles. The van der Waals surface area contributed by atoms with Crippen LogP contribution in [-0.2, 0) is 26.2 Å². The summed E-state index contributed by atoms with van der Waals surface area (Å²) in [6, 6.07) is 54.0. The first-order valence-corrected chi connectivity index (χ1v) is 18.5. The quantitative estimate of drug-likeness (QED) is 0.233. The van der Waals surface area contributed by atoms with E-state index in [1.807, 2.05) is 48.5 Å². The minimum atomic E-state index is -0.758. The molecule has 0 aliphatic rings. The molecule has 0 aliphatic heterocycles. The molecule has 0 aromatic heterocycles. The van der Waals surface area contributed by atoms with Gasteiger partial charge in [-0.05, 0) is 84.3 Å². The monoisotopic (exact) mass is 800 g/mol. The summed E-state index contributed by atoms with van der Waals surface area (Å²) in [5.41, 5.74) is 2.52. The Balaban J connectivity index is 0.000000321. The van der Waals surface area contributed by atoms with E-state index in [-0.39, 0.29) is 51.0 Å². The Hall–Kier alpha value is -2.76. The first kappa shape index (κ1) is 42.4. The maximum Gasteiger partial charge on any atom is 2.00 e. The Morgan fingerprint density at radius 3 is 0.857 bits per heavy atom. The predicted molar refractivity (Wildman–Crippen MR) is 202 cm³/mol. The summed E-state index contributed by atoms with van der Waals surface area (Å²) in [5, 5.41) is 28.1. The first-order valence-electron chi connectivity index (χ1n) is 15.8. The van der Waals surface area contributed by atoms with Gasteiger partial charge in [0.05, 0.1) is 0 Å². The van der Waals surface area contributed by atoms with Gasteiger partial charge in [0.25, 0.3) is 0 Å². The largest absolute Gasteiger partial charge is 2.00 e. The van der Waals surface area contributed by atoms with Crippen molar-refractivity contribution in [3.63, 3.8) is 0 Å². The van der Waals surface area contributed by atoms with Crippen LogP contribution in [0.4, 0.5) is 0 Å². The summed E-state index contributed by atoms with van der Waals surface area (Å²) >= 11 is 0. The maximum atomic E-state index is 10.5. The third-order valence-electron chi connectivity index (χ3n) is 7.87. The zero-order valence-electron chi connectivity index (χ0n) is 28.2. The van der Waals surface area contributed by atoms with E-state index in [2.05, 4.69) is 137 Å². The third kappa shape index (κ3) is 11.1. The van der Waals surface area contributed by atoms with Crippen LogP contribution in [0.1, 0.15) is 50.7 Å². The molecule has 0 heterocycles. The molecule has 0 bridgehead atoms. The molecule has 6 aromatic carbocycles. The van der Waals surface area contributed by atoms with Crippen LogP contribution in [0, 0.1) is 0 Å². The molecule has 2 nitrogen and oxygen atoms in total. The van der Waals surface area contributed by atoms with Gasteiger partial charge in [0.1, 0.15) is 11.5 Å². The summed E-state index contributed by atoms with van der Waals surface area (Å²) in [6.07, 6.45) is 0. The number of halogens is 2. The molecule has 7 heteroatoms. The topological polar surface area (TPSA) is 40.5 Å². The van der Waals surface area contributed by atoms with Crippen LogP contribution in [0.25, 0.3) is 0 Å². The number of hydrogen-bond donors (Lipinski definition) is 2. The minimum absolute atomic E-state index is 0. The van der Waals surface area contributed by atoms with Crippen LogP contribution in [-0.4, -0.2) is 10.2 Å². The van der Waals surface area contributed by atoms with Crippen LogP contribution < -0.4 is 56.6 Å². The molecule has 0 saturated heterocycles. The average Bonchev–Trinajstić information content (AvgIpc) is 3.09. The van der Waals surface area contributed by atoms with E-state index in [0.29, 0.717) is 23.3 Å². The second-order valence-electron chi connectivity index (χ2n) is 11.8. The van der Waals surface area contributed by atoms with E-state index in [4.69, 9.17) is 0 Å². The van der Waals surface area contributed by atoms with Crippen molar-refractivity contribution in [1.82, 2.24) is 0 Å². The zero-order valence-corrected chi connectivity index (χ0v) is 34.0. The van der Waals surface area contributed by atoms with E-state index < -0.39 is 15.8 Å². The standard InChI is InChI=1S/2C21H21OP.2ClH.Zr/c2*1-16(2)17-13-14-20(22)21(15-17)23(18-9-5-3-6-10-18)19-11-7-4-8-12-19;;;/h2*3-16,22H,1-2H3;2*1H;/q;;;;+2/p-2. The summed E-state index contributed by atoms with van der Waals surface area (Å²) in [7, 11) is -1.52. The van der Waals surface area contributed by atoms with Gasteiger partial charge in [-0.1, -0.05) is 161 Å². The number of hydrogen-bond acceptors (Lipinski definition) is 2. The van der Waals surface area contributed by atoms with Gasteiger partial charge in [-0.3, -0.25) is 0 Å². The van der Waals surface area contributed by atoms with Crippen LogP contribution >= 0.6 is 15.8 Å². The van der Waals surface area contributed by atoms with Gasteiger partial charge >= 0.3 is 26.2 Å². The smallest absolute Gasteiger partial charge is 1.00 e. The van der Waals surface area contributed by atoms with Crippen molar-refractivity contribution in [2.45, 2.75) is 39.5 Å². The van der Waals surface area contributed by atoms with Crippen molar-refractivity contribution in [2.75, 3.05) is 0 Å². The van der Waals surface area contributed by atoms with Crippen LogP contribution in [0.2, 0.25) is 0 Å². The summed E-state index contributed by atoms with van der Waals surface area (Å²) < 4.78 is 0. The van der Waals surface area contributed by atoms with Gasteiger partial charge in [-0.15, -0.1) is 0 Å². The normalized spacial score (nSPS) is 10.4. The Morgan fingerprint density at radius 1 is 0.388 bits per heavy atom. The Labute approximate surface area is 326 Å². The summed E-state index contributed by atoms with van der Waals surface area (Å²) in [4.78, 5) is 0. The van der Waals surface area contributed by atoms with Crippen LogP contribution in [0.15, 0.2) is 158 Å². The van der Waals surface area contributed by atoms with Crippen molar-refractivity contribution in [3.8, 4) is 11.5 Å². The SMILES string of the molecule is CC(C)c1ccc(O)c(P(c2ccccc2)c2ccccc2)c1.CC(C)c1ccc(O)c(P(c2ccccc2)c2ccccc2)c1.[Cl-].[Cl-].[Zr+2]. The van der Waals surface area contributed by atoms with Crippen LogP contribution in [0.3, 0.4) is 0 Å². The Morgan fingerprint density at radius 2 is 0.633 bits per heavy atom. The number of phenolic OH excluding ortho intramolecular Hbond substituents is 2. The minimum Gasteiger partial charge on any atom is -1.00 e. The number of aromatic hydroxyl groups is 2. The molecule has 0 fully saturated rings. The summed E-state index contributed by atoms with van der Waals surface area (Å²) in [5.74, 6) is 1.65. The molecule has 0 saturated carbocycles. The zero-order chi connectivity index (χ0) is 32.5. The van der Waals surface area contributed by atoms with Gasteiger partial charge in [0.2, 0.25) is 0 Å². The van der Waals surface area contributed by atoms with E-state index in [1.54, 1.807) is 0 Å². The van der Waals surface area contributed by atoms with Gasteiger partial charge in [-0.2, -0.15) is 0 Å². The molecular weight excluding hydrogens is 761 g/mol. The molecule has 0 unspecified atom stereocenters. The fourth-order valence-electron chi connectivity index (χ4n) is 5.32. The first-order chi connectivity index (χ1) is 22.3. The van der Waals surface area contributed by atoms with Gasteiger partial charge in [0, 0.05) is 10.6 Å². The average molecular weight is 803 g/mol. The molecule has 49 heavy (non-hydrogen) atoms. The van der Waals surface area contributed by atoms with Crippen LogP contribution in [0.5, 0.6) is 11.5 Å². The van der Waals surface area contributed by atoms with E-state index in [1.165, 1.54) is 32.3 Å². The number of rotatable bonds is 8. The Bertz CT molecular complexity index is 1610.